The number of ketones is 1. The summed E-state index contributed by atoms with van der Waals surface area (Å²) in [5.74, 6) is -0.509. The van der Waals surface area contributed by atoms with Gasteiger partial charge in [-0.05, 0) is 101 Å². The van der Waals surface area contributed by atoms with Crippen molar-refractivity contribution >= 4 is 16.6 Å². The lowest BCUT2D eigenvalue weighted by molar-refractivity contribution is -0.129. The summed E-state index contributed by atoms with van der Waals surface area (Å²) in [4.78, 5) is 19.1. The van der Waals surface area contributed by atoms with Crippen molar-refractivity contribution in [3.05, 3.63) is 148 Å². The Labute approximate surface area is 327 Å². The zero-order valence-corrected chi connectivity index (χ0v) is 31.9. The molecule has 6 aromatic rings. The summed E-state index contributed by atoms with van der Waals surface area (Å²) < 4.78 is 11.1. The second-order valence-electron chi connectivity index (χ2n) is 14.4. The van der Waals surface area contributed by atoms with Crippen LogP contribution in [0.2, 0.25) is 0 Å². The highest BCUT2D eigenvalue weighted by Gasteiger charge is 2.42. The van der Waals surface area contributed by atoms with Gasteiger partial charge < -0.3 is 45.3 Å². The maximum Gasteiger partial charge on any atom is 0.164 e. The maximum atomic E-state index is 14.9. The van der Waals surface area contributed by atoms with Gasteiger partial charge in [0.25, 0.3) is 0 Å². The van der Waals surface area contributed by atoms with Crippen LogP contribution in [-0.4, -0.2) is 65.3 Å². The first kappa shape index (κ1) is 39.9. The van der Waals surface area contributed by atoms with E-state index in [2.05, 4.69) is 34.6 Å². The summed E-state index contributed by atoms with van der Waals surface area (Å²) in [6.07, 6.45) is 3.09. The number of benzene rings is 5. The van der Waals surface area contributed by atoms with E-state index in [9.17, 15) is 30.3 Å². The number of methoxy groups -OCH3 is 2. The van der Waals surface area contributed by atoms with Crippen LogP contribution < -0.4 is 19.8 Å². The van der Waals surface area contributed by atoms with Crippen molar-refractivity contribution in [3.63, 3.8) is 0 Å². The van der Waals surface area contributed by atoms with E-state index in [4.69, 9.17) is 9.47 Å². The molecule has 0 aliphatic heterocycles. The van der Waals surface area contributed by atoms with Crippen LogP contribution in [0.1, 0.15) is 45.4 Å². The third-order valence-electron chi connectivity index (χ3n) is 10.8. The van der Waals surface area contributed by atoms with Gasteiger partial charge in [-0.3, -0.25) is 4.79 Å². The topological polar surface area (TPSA) is 163 Å². The molecule has 56 heavy (non-hydrogen) atoms. The fourth-order valence-electron chi connectivity index (χ4n) is 7.86. The van der Waals surface area contributed by atoms with E-state index in [1.165, 1.54) is 26.4 Å². The number of carbonyl (C=O) groups is 1. The van der Waals surface area contributed by atoms with Crippen LogP contribution in [0.4, 0.5) is 0 Å². The van der Waals surface area contributed by atoms with Crippen LogP contribution in [-0.2, 0) is 42.4 Å². The molecule has 0 radical (unpaired) electrons. The number of Topliss-reactive ketones (excluding diaryl/α,β-unsaturated/α-hetero) is 1. The molecule has 3 atom stereocenters. The van der Waals surface area contributed by atoms with E-state index < -0.39 is 29.8 Å². The molecule has 0 aliphatic carbocycles. The van der Waals surface area contributed by atoms with Gasteiger partial charge in [-0.2, -0.15) is 12.4 Å². The number of aromatic hydroxyl groups is 3. The van der Waals surface area contributed by atoms with E-state index in [1.807, 2.05) is 30.3 Å². The molecule has 0 fully saturated rings. The first-order valence-electron chi connectivity index (χ1n) is 18.6. The normalized spacial score (nSPS) is 13.6. The molecule has 6 N–H and O–H groups in total. The van der Waals surface area contributed by atoms with Gasteiger partial charge in [-0.15, -0.1) is 0 Å². The Morgan fingerprint density at radius 2 is 1.61 bits per heavy atom. The third kappa shape index (κ3) is 8.68. The van der Waals surface area contributed by atoms with Crippen molar-refractivity contribution in [2.45, 2.75) is 50.2 Å². The monoisotopic (exact) mass is 757 g/mol. The first-order valence-corrected chi connectivity index (χ1v) is 18.6. The molecule has 0 saturated heterocycles. The SMILES string of the molecule is CNCc1cc(O)cc([C@@](CO)(Cc2ccc(O)c(OC)c2)C(=O)C[C@@H](O)[C@H](Cc2cc[n-]c2)Cc2ccc(O)c(OC)c2Cc2cccc3ccccc23)c1. The zero-order chi connectivity index (χ0) is 39.8. The second-order valence-corrected chi connectivity index (χ2v) is 14.4. The average Bonchev–Trinajstić information content (AvgIpc) is 3.71. The summed E-state index contributed by atoms with van der Waals surface area (Å²) in [7, 11) is 4.72. The highest BCUT2D eigenvalue weighted by molar-refractivity contribution is 5.91. The number of hydrogen-bond acceptors (Lipinski definition) is 9. The highest BCUT2D eigenvalue weighted by Crippen LogP contribution is 2.40. The number of rotatable bonds is 18. The van der Waals surface area contributed by atoms with Gasteiger partial charge in [0.05, 0.1) is 32.3 Å². The Kier molecular flexibility index (Phi) is 12.6. The van der Waals surface area contributed by atoms with Gasteiger partial charge in [0.1, 0.15) is 11.5 Å². The molecule has 0 unspecified atom stereocenters. The zero-order valence-electron chi connectivity index (χ0n) is 31.9. The van der Waals surface area contributed by atoms with E-state index in [0.717, 1.165) is 33.0 Å². The Morgan fingerprint density at radius 1 is 0.821 bits per heavy atom. The second kappa shape index (κ2) is 17.8. The van der Waals surface area contributed by atoms with Crippen molar-refractivity contribution in [2.24, 2.45) is 5.92 Å². The van der Waals surface area contributed by atoms with Crippen LogP contribution in [0.5, 0.6) is 28.7 Å². The van der Waals surface area contributed by atoms with Crippen molar-refractivity contribution in [3.8, 4) is 28.7 Å². The number of aromatic nitrogens is 1. The van der Waals surface area contributed by atoms with Crippen LogP contribution in [0, 0.1) is 5.92 Å². The molecular weight excluding hydrogens is 709 g/mol. The molecular formula is C46H49N2O8-. The fourth-order valence-corrected chi connectivity index (χ4v) is 7.86. The lowest BCUT2D eigenvalue weighted by atomic mass is 9.70. The molecule has 10 nitrogen and oxygen atoms in total. The molecule has 0 spiro atoms. The standard InChI is InChI=1S/C46H49N2O8/c1-47-26-31-18-36(23-37(50)19-31)46(28-49,25-29-11-13-40(51)43(20-29)55-2)44(54)24-42(53)35(17-30-15-16-48-27-30)21-34-12-14-41(52)45(56-3)39(34)22-33-9-6-8-32-7-4-5-10-38(32)33/h4-16,18-20,23,27,35,42,47,49-53H,17,21-22,24-26,28H2,1-3H3/q-1/t35-,42-,46+/m1/s1. The number of carbonyl (C=O) groups excluding carboxylic acids is 1. The number of phenols is 3. The molecule has 0 aliphatic rings. The summed E-state index contributed by atoms with van der Waals surface area (Å²) in [5, 5.41) is 60.8. The van der Waals surface area contributed by atoms with E-state index in [0.29, 0.717) is 48.2 Å². The molecule has 0 bridgehead atoms. The van der Waals surface area contributed by atoms with Gasteiger partial charge in [0, 0.05) is 24.9 Å². The summed E-state index contributed by atoms with van der Waals surface area (Å²) in [5.41, 5.74) is 3.67. The number of phenolic OH excluding ortho intramolecular Hbond substituents is 3. The third-order valence-corrected chi connectivity index (χ3v) is 10.8. The molecule has 0 saturated carbocycles. The highest BCUT2D eigenvalue weighted by atomic mass is 16.5. The summed E-state index contributed by atoms with van der Waals surface area (Å²) in [6, 6.07) is 29.1. The number of nitrogens with one attached hydrogen (secondary N) is 1. The van der Waals surface area contributed by atoms with Crippen molar-refractivity contribution < 1.29 is 39.8 Å². The smallest absolute Gasteiger partial charge is 0.164 e. The predicted octanol–water partition coefficient (Wildman–Crippen LogP) is 6.14. The number of fused-ring (bicyclic) bond motifs is 1. The van der Waals surface area contributed by atoms with Gasteiger partial charge in [0.15, 0.2) is 23.0 Å². The van der Waals surface area contributed by atoms with E-state index in [1.54, 1.807) is 49.8 Å². The fraction of sp³-hybridized carbons (Fsp3) is 0.283. The minimum Gasteiger partial charge on any atom is -0.670 e. The quantitative estimate of drug-likeness (QED) is 0.0601. The minimum atomic E-state index is -1.59. The molecule has 10 heteroatoms. The molecule has 5 aromatic carbocycles. The van der Waals surface area contributed by atoms with Gasteiger partial charge in [-0.1, -0.05) is 72.3 Å². The van der Waals surface area contributed by atoms with Crippen molar-refractivity contribution in [2.75, 3.05) is 27.9 Å². The van der Waals surface area contributed by atoms with Gasteiger partial charge in [-0.25, -0.2) is 0 Å². The van der Waals surface area contributed by atoms with Gasteiger partial charge >= 0.3 is 0 Å². The molecule has 6 rings (SSSR count). The molecule has 1 heterocycles. The largest absolute Gasteiger partial charge is 0.670 e. The lowest BCUT2D eigenvalue weighted by Gasteiger charge is -2.34. The molecule has 1 aromatic heterocycles. The average molecular weight is 758 g/mol. The molecule has 292 valence electrons. The van der Waals surface area contributed by atoms with E-state index in [-0.39, 0.29) is 35.8 Å². The number of aliphatic hydroxyl groups is 2. The van der Waals surface area contributed by atoms with Crippen LogP contribution in [0.3, 0.4) is 0 Å². The Hall–Kier alpha value is -5.81. The van der Waals surface area contributed by atoms with E-state index >= 15 is 0 Å². The summed E-state index contributed by atoms with van der Waals surface area (Å²) in [6.45, 7) is -0.217. The number of hydrogen-bond donors (Lipinski definition) is 6. The Bertz CT molecular complexity index is 2260. The summed E-state index contributed by atoms with van der Waals surface area (Å²) >= 11 is 0. The van der Waals surface area contributed by atoms with Crippen molar-refractivity contribution in [1.82, 2.24) is 10.3 Å². The maximum absolute atomic E-state index is 14.9. The lowest BCUT2D eigenvalue weighted by Crippen LogP contribution is -2.44. The number of ether oxygens (including phenoxy) is 2. The van der Waals surface area contributed by atoms with Crippen LogP contribution >= 0.6 is 0 Å². The Morgan fingerprint density at radius 3 is 2.34 bits per heavy atom. The minimum absolute atomic E-state index is 0.00124. The number of aliphatic hydroxyl groups excluding tert-OH is 2. The Balaban J connectivity index is 1.39. The van der Waals surface area contributed by atoms with Crippen LogP contribution in [0.15, 0.2) is 109 Å². The van der Waals surface area contributed by atoms with Crippen LogP contribution in [0.25, 0.3) is 10.8 Å². The van der Waals surface area contributed by atoms with Crippen molar-refractivity contribution in [1.29, 1.82) is 0 Å². The predicted molar refractivity (Wildman–Crippen MR) is 216 cm³/mol. The first-order chi connectivity index (χ1) is 27.1. The van der Waals surface area contributed by atoms with Gasteiger partial charge in [0.2, 0.25) is 0 Å². The molecule has 0 amide bonds. The number of nitrogens with zero attached hydrogens (tertiary/aromatic N) is 1.